The van der Waals surface area contributed by atoms with Crippen molar-refractivity contribution in [3.63, 3.8) is 0 Å². The summed E-state index contributed by atoms with van der Waals surface area (Å²) < 4.78 is 1.90. The van der Waals surface area contributed by atoms with E-state index in [0.29, 0.717) is 25.9 Å². The minimum absolute atomic E-state index is 0.174. The van der Waals surface area contributed by atoms with Crippen molar-refractivity contribution >= 4 is 22.8 Å². The normalized spacial score (nSPS) is 14.0. The number of aromatic nitrogens is 4. The van der Waals surface area contributed by atoms with Gasteiger partial charge >= 0.3 is 0 Å². The second-order valence-electron chi connectivity index (χ2n) is 10.1. The Labute approximate surface area is 228 Å². The van der Waals surface area contributed by atoms with Crippen LogP contribution in [0, 0.1) is 6.92 Å². The zero-order valence-corrected chi connectivity index (χ0v) is 22.2. The molecule has 0 bridgehead atoms. The number of fused-ring (bicyclic) bond motifs is 1. The fourth-order valence-corrected chi connectivity index (χ4v) is 5.16. The monoisotopic (exact) mass is 516 g/mol. The van der Waals surface area contributed by atoms with Gasteiger partial charge in [-0.1, -0.05) is 78.4 Å². The van der Waals surface area contributed by atoms with Gasteiger partial charge in [-0.05, 0) is 36.6 Å². The summed E-state index contributed by atoms with van der Waals surface area (Å²) in [6.07, 6.45) is 3.82. The van der Waals surface area contributed by atoms with E-state index in [1.807, 2.05) is 76.4 Å². The number of rotatable bonds is 6. The first-order valence-corrected chi connectivity index (χ1v) is 13.6. The lowest BCUT2D eigenvalue weighted by Crippen LogP contribution is -2.36. The minimum Gasteiger partial charge on any atom is -0.354 e. The number of aryl methyl sites for hydroxylation is 1. The number of amides is 1. The Morgan fingerprint density at radius 3 is 2.31 bits per heavy atom. The van der Waals surface area contributed by atoms with Crippen LogP contribution in [-0.2, 0) is 17.6 Å². The molecule has 1 amide bonds. The zero-order chi connectivity index (χ0) is 26.6. The van der Waals surface area contributed by atoms with Crippen molar-refractivity contribution in [2.75, 3.05) is 31.1 Å². The van der Waals surface area contributed by atoms with Crippen LogP contribution in [0.15, 0.2) is 91.1 Å². The average Bonchev–Trinajstić information content (AvgIpc) is 3.23. The fraction of sp³-hybridized carbons (Fsp3) is 0.250. The summed E-state index contributed by atoms with van der Waals surface area (Å²) in [6.45, 7) is 5.04. The predicted octanol–water partition coefficient (Wildman–Crippen LogP) is 5.00. The van der Waals surface area contributed by atoms with E-state index in [1.165, 1.54) is 11.1 Å². The molecular formula is C32H32N6O. The van der Waals surface area contributed by atoms with Gasteiger partial charge in [-0.3, -0.25) is 4.79 Å². The number of hydrogen-bond donors (Lipinski definition) is 0. The van der Waals surface area contributed by atoms with Gasteiger partial charge in [0.15, 0.2) is 5.65 Å². The van der Waals surface area contributed by atoms with Crippen LogP contribution in [0.3, 0.4) is 0 Å². The largest absolute Gasteiger partial charge is 0.354 e. The van der Waals surface area contributed by atoms with Crippen molar-refractivity contribution in [3.05, 3.63) is 114 Å². The first-order chi connectivity index (χ1) is 19.1. The SMILES string of the molecule is Cc1ccc(Cc2nc(N3CCCN(C(=O)Cc4ccccc4)CC3)c3cnn(-c4ccccc4)c3n2)cc1. The summed E-state index contributed by atoms with van der Waals surface area (Å²) in [5, 5.41) is 5.64. The molecule has 3 aromatic carbocycles. The van der Waals surface area contributed by atoms with E-state index in [2.05, 4.69) is 36.1 Å². The first kappa shape index (κ1) is 24.8. The fourth-order valence-electron chi connectivity index (χ4n) is 5.16. The van der Waals surface area contributed by atoms with E-state index in [1.54, 1.807) is 0 Å². The Morgan fingerprint density at radius 2 is 1.54 bits per heavy atom. The van der Waals surface area contributed by atoms with Crippen LogP contribution in [0.4, 0.5) is 5.82 Å². The second-order valence-corrected chi connectivity index (χ2v) is 10.1. The Kier molecular flexibility index (Phi) is 7.04. The summed E-state index contributed by atoms with van der Waals surface area (Å²) in [4.78, 5) is 27.5. The van der Waals surface area contributed by atoms with Crippen molar-refractivity contribution in [1.82, 2.24) is 24.6 Å². The maximum absolute atomic E-state index is 13.1. The summed E-state index contributed by atoms with van der Waals surface area (Å²) in [6, 6.07) is 28.6. The minimum atomic E-state index is 0.174. The van der Waals surface area contributed by atoms with E-state index in [0.717, 1.165) is 53.4 Å². The highest BCUT2D eigenvalue weighted by Gasteiger charge is 2.24. The lowest BCUT2D eigenvalue weighted by molar-refractivity contribution is -0.130. The van der Waals surface area contributed by atoms with Gasteiger partial charge in [-0.2, -0.15) is 5.10 Å². The van der Waals surface area contributed by atoms with Gasteiger partial charge in [0.2, 0.25) is 5.91 Å². The Balaban J connectivity index is 1.31. The van der Waals surface area contributed by atoms with E-state index < -0.39 is 0 Å². The molecule has 1 fully saturated rings. The zero-order valence-electron chi connectivity index (χ0n) is 22.2. The molecule has 1 aliphatic rings. The molecule has 0 radical (unpaired) electrons. The van der Waals surface area contributed by atoms with E-state index in [9.17, 15) is 4.79 Å². The second kappa shape index (κ2) is 11.1. The van der Waals surface area contributed by atoms with Gasteiger partial charge in [0.25, 0.3) is 0 Å². The van der Waals surface area contributed by atoms with Crippen molar-refractivity contribution in [2.45, 2.75) is 26.2 Å². The maximum atomic E-state index is 13.1. The smallest absolute Gasteiger partial charge is 0.227 e. The highest BCUT2D eigenvalue weighted by Crippen LogP contribution is 2.27. The van der Waals surface area contributed by atoms with Gasteiger partial charge in [0, 0.05) is 32.6 Å². The first-order valence-electron chi connectivity index (χ1n) is 13.6. The third-order valence-electron chi connectivity index (χ3n) is 7.28. The van der Waals surface area contributed by atoms with Crippen LogP contribution in [0.5, 0.6) is 0 Å². The predicted molar refractivity (Wildman–Crippen MR) is 154 cm³/mol. The summed E-state index contributed by atoms with van der Waals surface area (Å²) in [5.74, 6) is 1.83. The summed E-state index contributed by atoms with van der Waals surface area (Å²) in [5.41, 5.74) is 5.22. The molecule has 39 heavy (non-hydrogen) atoms. The molecule has 0 aliphatic carbocycles. The lowest BCUT2D eigenvalue weighted by atomic mass is 10.1. The van der Waals surface area contributed by atoms with Gasteiger partial charge < -0.3 is 9.80 Å². The number of benzene rings is 3. The lowest BCUT2D eigenvalue weighted by Gasteiger charge is -2.24. The van der Waals surface area contributed by atoms with Crippen molar-refractivity contribution in [2.24, 2.45) is 0 Å². The molecule has 5 aromatic rings. The quantitative estimate of drug-likeness (QED) is 0.318. The molecular weight excluding hydrogens is 484 g/mol. The van der Waals surface area contributed by atoms with Crippen LogP contribution in [0.1, 0.15) is 28.9 Å². The van der Waals surface area contributed by atoms with E-state index >= 15 is 0 Å². The number of hydrogen-bond acceptors (Lipinski definition) is 5. The van der Waals surface area contributed by atoms with Crippen molar-refractivity contribution in [1.29, 1.82) is 0 Å². The highest BCUT2D eigenvalue weighted by molar-refractivity contribution is 5.88. The van der Waals surface area contributed by atoms with Crippen LogP contribution in [0.2, 0.25) is 0 Å². The van der Waals surface area contributed by atoms with Crippen LogP contribution >= 0.6 is 0 Å². The van der Waals surface area contributed by atoms with Crippen LogP contribution in [-0.4, -0.2) is 56.7 Å². The molecule has 7 nitrogen and oxygen atoms in total. The molecule has 6 rings (SSSR count). The number of anilines is 1. The standard InChI is InChI=1S/C32H32N6O/c1-24-13-15-26(16-14-24)21-29-34-31(28-23-33-38(32(28)35-29)27-11-6-3-7-12-27)37-18-8-17-36(19-20-37)30(39)22-25-9-4-2-5-10-25/h2-7,9-16,23H,8,17-22H2,1H3. The van der Waals surface area contributed by atoms with E-state index in [4.69, 9.17) is 15.1 Å². The molecule has 0 unspecified atom stereocenters. The molecule has 3 heterocycles. The third-order valence-corrected chi connectivity index (χ3v) is 7.28. The number of para-hydroxylation sites is 1. The number of nitrogens with zero attached hydrogens (tertiary/aromatic N) is 6. The molecule has 2 aromatic heterocycles. The maximum Gasteiger partial charge on any atom is 0.227 e. The Hall–Kier alpha value is -4.52. The summed E-state index contributed by atoms with van der Waals surface area (Å²) in [7, 11) is 0. The molecule has 0 N–H and O–H groups in total. The molecule has 1 aliphatic heterocycles. The van der Waals surface area contributed by atoms with E-state index in [-0.39, 0.29) is 5.91 Å². The molecule has 7 heteroatoms. The number of carbonyl (C=O) groups is 1. The average molecular weight is 517 g/mol. The Bertz CT molecular complexity index is 1560. The summed E-state index contributed by atoms with van der Waals surface area (Å²) >= 11 is 0. The van der Waals surface area contributed by atoms with Gasteiger partial charge in [-0.25, -0.2) is 14.6 Å². The van der Waals surface area contributed by atoms with Crippen LogP contribution < -0.4 is 4.90 Å². The van der Waals surface area contributed by atoms with Gasteiger partial charge in [0.1, 0.15) is 11.6 Å². The van der Waals surface area contributed by atoms with Crippen molar-refractivity contribution in [3.8, 4) is 5.69 Å². The van der Waals surface area contributed by atoms with Crippen molar-refractivity contribution < 1.29 is 4.79 Å². The third kappa shape index (κ3) is 5.53. The van der Waals surface area contributed by atoms with Gasteiger partial charge in [-0.15, -0.1) is 0 Å². The molecule has 0 spiro atoms. The molecule has 196 valence electrons. The van der Waals surface area contributed by atoms with Gasteiger partial charge in [0.05, 0.1) is 23.7 Å². The number of carbonyl (C=O) groups excluding carboxylic acids is 1. The Morgan fingerprint density at radius 1 is 0.795 bits per heavy atom. The molecule has 1 saturated heterocycles. The molecule has 0 atom stereocenters. The topological polar surface area (TPSA) is 67.2 Å². The molecule has 0 saturated carbocycles. The highest BCUT2D eigenvalue weighted by atomic mass is 16.2. The van der Waals surface area contributed by atoms with Crippen LogP contribution in [0.25, 0.3) is 16.7 Å².